The molecule has 3 nitrogen and oxygen atoms in total. The van der Waals surface area contributed by atoms with Crippen molar-refractivity contribution in [2.45, 2.75) is 20.0 Å². The van der Waals surface area contributed by atoms with E-state index in [9.17, 15) is 5.11 Å². The quantitative estimate of drug-likeness (QED) is 0.778. The lowest BCUT2D eigenvalue weighted by Crippen LogP contribution is -2.15. The highest BCUT2D eigenvalue weighted by atomic mass is 16.6. The van der Waals surface area contributed by atoms with Crippen LogP contribution in [0.2, 0.25) is 0 Å². The Morgan fingerprint density at radius 2 is 1.94 bits per heavy atom. The van der Waals surface area contributed by atoms with Crippen molar-refractivity contribution in [1.82, 2.24) is 0 Å². The molecule has 0 amide bonds. The highest BCUT2D eigenvalue weighted by Crippen LogP contribution is 2.32. The lowest BCUT2D eigenvalue weighted by molar-refractivity contribution is 0.170. The average molecular weight is 220 g/mol. The van der Waals surface area contributed by atoms with Crippen LogP contribution in [0.15, 0.2) is 29.8 Å². The molecule has 1 heterocycles. The van der Waals surface area contributed by atoms with Gasteiger partial charge in [-0.25, -0.2) is 0 Å². The summed E-state index contributed by atoms with van der Waals surface area (Å²) in [4.78, 5) is 0. The third-order valence-electron chi connectivity index (χ3n) is 2.40. The molecule has 1 aromatic carbocycles. The molecule has 3 heteroatoms. The summed E-state index contributed by atoms with van der Waals surface area (Å²) in [6, 6.07) is 5.53. The molecule has 1 aromatic rings. The van der Waals surface area contributed by atoms with Crippen molar-refractivity contribution in [2.24, 2.45) is 0 Å². The molecule has 1 N–H and O–H groups in total. The minimum atomic E-state index is -0.583. The Kier molecular flexibility index (Phi) is 3.15. The van der Waals surface area contributed by atoms with Gasteiger partial charge in [0.25, 0.3) is 0 Å². The summed E-state index contributed by atoms with van der Waals surface area (Å²) < 4.78 is 10.9. The van der Waals surface area contributed by atoms with Crippen LogP contribution in [0.4, 0.5) is 0 Å². The van der Waals surface area contributed by atoms with Gasteiger partial charge in [0.2, 0.25) is 0 Å². The first-order valence-electron chi connectivity index (χ1n) is 5.39. The van der Waals surface area contributed by atoms with Crippen LogP contribution in [0.25, 0.3) is 0 Å². The number of ether oxygens (including phenoxy) is 2. The molecule has 0 spiro atoms. The second-order valence-electron chi connectivity index (χ2n) is 4.09. The van der Waals surface area contributed by atoms with E-state index in [0.717, 1.165) is 16.9 Å². The van der Waals surface area contributed by atoms with E-state index in [1.54, 1.807) is 0 Å². The van der Waals surface area contributed by atoms with Gasteiger partial charge < -0.3 is 14.6 Å². The topological polar surface area (TPSA) is 38.7 Å². The van der Waals surface area contributed by atoms with Gasteiger partial charge >= 0.3 is 0 Å². The third kappa shape index (κ3) is 2.36. The molecular formula is C13H16O3. The first kappa shape index (κ1) is 11.0. The Morgan fingerprint density at radius 1 is 1.25 bits per heavy atom. The van der Waals surface area contributed by atoms with Crippen LogP contribution in [0, 0.1) is 0 Å². The fourth-order valence-corrected chi connectivity index (χ4v) is 1.66. The summed E-state index contributed by atoms with van der Waals surface area (Å²) in [5.41, 5.74) is 1.91. The Morgan fingerprint density at radius 3 is 2.62 bits per heavy atom. The molecular weight excluding hydrogens is 204 g/mol. The van der Waals surface area contributed by atoms with Crippen molar-refractivity contribution in [2.75, 3.05) is 13.2 Å². The van der Waals surface area contributed by atoms with Crippen LogP contribution in [0.3, 0.4) is 0 Å². The van der Waals surface area contributed by atoms with E-state index in [-0.39, 0.29) is 0 Å². The predicted octanol–water partition coefficient (Wildman–Crippen LogP) is 2.46. The van der Waals surface area contributed by atoms with Gasteiger partial charge in [-0.3, -0.25) is 0 Å². The van der Waals surface area contributed by atoms with Gasteiger partial charge in [0.15, 0.2) is 11.5 Å². The smallest absolute Gasteiger partial charge is 0.161 e. The summed E-state index contributed by atoms with van der Waals surface area (Å²) in [5, 5.41) is 9.92. The molecule has 1 aliphatic heterocycles. The maximum Gasteiger partial charge on any atom is 0.161 e. The SMILES string of the molecule is CC(C)=CC(O)c1ccc2c(c1)OCCO2. The van der Waals surface area contributed by atoms with Crippen LogP contribution in [-0.4, -0.2) is 18.3 Å². The number of allylic oxidation sites excluding steroid dienone is 1. The summed E-state index contributed by atoms with van der Waals surface area (Å²) in [7, 11) is 0. The number of rotatable bonds is 2. The number of hydrogen-bond donors (Lipinski definition) is 1. The van der Waals surface area contributed by atoms with E-state index in [1.165, 1.54) is 0 Å². The molecule has 1 atom stereocenters. The maximum absolute atomic E-state index is 9.92. The van der Waals surface area contributed by atoms with Gasteiger partial charge in [0, 0.05) is 0 Å². The van der Waals surface area contributed by atoms with E-state index >= 15 is 0 Å². The van der Waals surface area contributed by atoms with Crippen LogP contribution in [0.1, 0.15) is 25.5 Å². The van der Waals surface area contributed by atoms with Crippen molar-refractivity contribution >= 4 is 0 Å². The second-order valence-corrected chi connectivity index (χ2v) is 4.09. The van der Waals surface area contributed by atoms with Gasteiger partial charge in [-0.15, -0.1) is 0 Å². The number of aliphatic hydroxyl groups excluding tert-OH is 1. The van der Waals surface area contributed by atoms with Crippen molar-refractivity contribution in [3.05, 3.63) is 35.4 Å². The molecule has 0 saturated carbocycles. The summed E-state index contributed by atoms with van der Waals surface area (Å²) in [6.07, 6.45) is 1.23. The molecule has 1 unspecified atom stereocenters. The molecule has 0 radical (unpaired) electrons. The van der Waals surface area contributed by atoms with Crippen molar-refractivity contribution in [3.8, 4) is 11.5 Å². The Bertz CT molecular complexity index is 406. The van der Waals surface area contributed by atoms with Crippen LogP contribution in [0.5, 0.6) is 11.5 Å². The minimum Gasteiger partial charge on any atom is -0.486 e. The van der Waals surface area contributed by atoms with E-state index in [0.29, 0.717) is 19.0 Å². The summed E-state index contributed by atoms with van der Waals surface area (Å²) >= 11 is 0. The van der Waals surface area contributed by atoms with Crippen LogP contribution < -0.4 is 9.47 Å². The van der Waals surface area contributed by atoms with Crippen LogP contribution in [-0.2, 0) is 0 Å². The zero-order valence-electron chi connectivity index (χ0n) is 9.56. The summed E-state index contributed by atoms with van der Waals surface area (Å²) in [5.74, 6) is 1.46. The fourth-order valence-electron chi connectivity index (χ4n) is 1.66. The maximum atomic E-state index is 9.92. The summed E-state index contributed by atoms with van der Waals surface area (Å²) in [6.45, 7) is 5.07. The van der Waals surface area contributed by atoms with Gasteiger partial charge in [-0.1, -0.05) is 17.7 Å². The molecule has 86 valence electrons. The lowest BCUT2D eigenvalue weighted by Gasteiger charge is -2.19. The molecule has 2 rings (SSSR count). The van der Waals surface area contributed by atoms with Crippen molar-refractivity contribution in [3.63, 3.8) is 0 Å². The monoisotopic (exact) mass is 220 g/mol. The Balaban J connectivity index is 2.26. The lowest BCUT2D eigenvalue weighted by atomic mass is 10.1. The molecule has 16 heavy (non-hydrogen) atoms. The van der Waals surface area contributed by atoms with Crippen LogP contribution >= 0.6 is 0 Å². The molecule has 0 aromatic heterocycles. The number of fused-ring (bicyclic) bond motifs is 1. The predicted molar refractivity (Wildman–Crippen MR) is 61.8 cm³/mol. The van der Waals surface area contributed by atoms with Gasteiger partial charge in [0.1, 0.15) is 13.2 Å². The minimum absolute atomic E-state index is 0.565. The largest absolute Gasteiger partial charge is 0.486 e. The molecule has 0 saturated heterocycles. The Hall–Kier alpha value is -1.48. The fraction of sp³-hybridized carbons (Fsp3) is 0.385. The third-order valence-corrected chi connectivity index (χ3v) is 2.40. The zero-order chi connectivity index (χ0) is 11.5. The molecule has 1 aliphatic rings. The number of benzene rings is 1. The van der Waals surface area contributed by atoms with Gasteiger partial charge in [0.05, 0.1) is 6.10 Å². The van der Waals surface area contributed by atoms with Gasteiger partial charge in [-0.2, -0.15) is 0 Å². The van der Waals surface area contributed by atoms with E-state index in [4.69, 9.17) is 9.47 Å². The van der Waals surface area contributed by atoms with E-state index < -0.39 is 6.10 Å². The van der Waals surface area contributed by atoms with Crippen molar-refractivity contribution < 1.29 is 14.6 Å². The molecule has 0 aliphatic carbocycles. The number of aliphatic hydroxyl groups is 1. The first-order chi connectivity index (χ1) is 7.66. The van der Waals surface area contributed by atoms with E-state index in [1.807, 2.05) is 38.1 Å². The normalized spacial score (nSPS) is 15.4. The zero-order valence-corrected chi connectivity index (χ0v) is 9.56. The standard InChI is InChI=1S/C13H16O3/c1-9(2)7-11(14)10-3-4-12-13(8-10)16-6-5-15-12/h3-4,7-8,11,14H,5-6H2,1-2H3. The van der Waals surface area contributed by atoms with Crippen molar-refractivity contribution in [1.29, 1.82) is 0 Å². The molecule has 0 fully saturated rings. The number of hydrogen-bond acceptors (Lipinski definition) is 3. The average Bonchev–Trinajstić information content (AvgIpc) is 2.27. The van der Waals surface area contributed by atoms with Gasteiger partial charge in [-0.05, 0) is 31.5 Å². The highest BCUT2D eigenvalue weighted by Gasteiger charge is 2.13. The second kappa shape index (κ2) is 4.58. The molecule has 0 bridgehead atoms. The highest BCUT2D eigenvalue weighted by molar-refractivity contribution is 5.45. The Labute approximate surface area is 95.3 Å². The first-order valence-corrected chi connectivity index (χ1v) is 5.39. The van der Waals surface area contributed by atoms with E-state index in [2.05, 4.69) is 0 Å².